The van der Waals surface area contributed by atoms with Crippen molar-refractivity contribution in [2.45, 2.75) is 37.2 Å². The number of nitrogens with zero attached hydrogens (tertiary/aromatic N) is 2. The molecule has 0 aliphatic carbocycles. The molecular formula is C33H33Br2N3O4S. The minimum atomic E-state index is -4.13. The van der Waals surface area contributed by atoms with Crippen LogP contribution in [-0.4, -0.2) is 44.3 Å². The fraction of sp³-hybridized carbons (Fsp3) is 0.212. The van der Waals surface area contributed by atoms with E-state index in [1.165, 1.54) is 17.0 Å². The summed E-state index contributed by atoms with van der Waals surface area (Å²) in [5.74, 6) is -0.796. The van der Waals surface area contributed by atoms with Crippen LogP contribution >= 0.6 is 31.9 Å². The zero-order valence-corrected chi connectivity index (χ0v) is 27.7. The Hall–Kier alpha value is -3.47. The molecule has 7 nitrogen and oxygen atoms in total. The molecule has 2 amide bonds. The van der Waals surface area contributed by atoms with Crippen molar-refractivity contribution >= 4 is 59.4 Å². The topological polar surface area (TPSA) is 86.8 Å². The Morgan fingerprint density at radius 3 is 1.91 bits per heavy atom. The molecular weight excluding hydrogens is 694 g/mol. The molecule has 4 aromatic rings. The summed E-state index contributed by atoms with van der Waals surface area (Å²) >= 11 is 6.85. The molecule has 1 unspecified atom stereocenters. The van der Waals surface area contributed by atoms with Crippen LogP contribution in [0, 0.1) is 0 Å². The highest BCUT2D eigenvalue weighted by Crippen LogP contribution is 2.26. The van der Waals surface area contributed by atoms with E-state index in [0.29, 0.717) is 12.2 Å². The van der Waals surface area contributed by atoms with Gasteiger partial charge in [-0.2, -0.15) is 0 Å². The SMILES string of the molecule is CCCNC(=O)C(Cc1ccccc1)N(Cc1ccc(Br)cc1)C(=O)CN(c1ccc(Br)cc1)S(=O)(=O)c1ccccc1. The first-order valence-electron chi connectivity index (χ1n) is 13.9. The van der Waals surface area contributed by atoms with Gasteiger partial charge in [-0.1, -0.05) is 99.4 Å². The monoisotopic (exact) mass is 725 g/mol. The third-order valence-corrected chi connectivity index (χ3v) is 9.66. The lowest BCUT2D eigenvalue weighted by Crippen LogP contribution is -2.53. The van der Waals surface area contributed by atoms with E-state index in [0.717, 1.165) is 30.8 Å². The normalized spacial score (nSPS) is 11.9. The fourth-order valence-corrected chi connectivity index (χ4v) is 6.53. The van der Waals surface area contributed by atoms with Gasteiger partial charge in [-0.05, 0) is 66.1 Å². The molecule has 10 heteroatoms. The third kappa shape index (κ3) is 8.78. The molecule has 43 heavy (non-hydrogen) atoms. The number of hydrogen-bond donors (Lipinski definition) is 1. The van der Waals surface area contributed by atoms with Gasteiger partial charge in [0.15, 0.2) is 0 Å². The van der Waals surface area contributed by atoms with E-state index < -0.39 is 28.5 Å². The second-order valence-electron chi connectivity index (χ2n) is 9.95. The van der Waals surface area contributed by atoms with Crippen LogP contribution in [0.2, 0.25) is 0 Å². The van der Waals surface area contributed by atoms with Crippen molar-refractivity contribution in [1.82, 2.24) is 10.2 Å². The van der Waals surface area contributed by atoms with Gasteiger partial charge in [0.05, 0.1) is 10.6 Å². The maximum Gasteiger partial charge on any atom is 0.264 e. The summed E-state index contributed by atoms with van der Waals surface area (Å²) in [4.78, 5) is 29.6. The van der Waals surface area contributed by atoms with Crippen molar-refractivity contribution in [2.24, 2.45) is 0 Å². The summed E-state index contributed by atoms with van der Waals surface area (Å²) in [6.07, 6.45) is 0.999. The summed E-state index contributed by atoms with van der Waals surface area (Å²) in [5.41, 5.74) is 2.02. The zero-order chi connectivity index (χ0) is 30.8. The fourth-order valence-electron chi connectivity index (χ4n) is 4.56. The maximum absolute atomic E-state index is 14.4. The highest BCUT2D eigenvalue weighted by atomic mass is 79.9. The van der Waals surface area contributed by atoms with Gasteiger partial charge in [-0.15, -0.1) is 0 Å². The van der Waals surface area contributed by atoms with Crippen LogP contribution < -0.4 is 9.62 Å². The molecule has 1 N–H and O–H groups in total. The number of rotatable bonds is 13. The minimum Gasteiger partial charge on any atom is -0.354 e. The highest BCUT2D eigenvalue weighted by molar-refractivity contribution is 9.10. The number of anilines is 1. The Labute approximate surface area is 270 Å². The Kier molecular flexibility index (Phi) is 11.6. The van der Waals surface area contributed by atoms with Crippen LogP contribution in [0.4, 0.5) is 5.69 Å². The first-order chi connectivity index (χ1) is 20.7. The lowest BCUT2D eigenvalue weighted by molar-refractivity contribution is -0.140. The van der Waals surface area contributed by atoms with Crippen LogP contribution in [0.1, 0.15) is 24.5 Å². The van der Waals surface area contributed by atoms with Gasteiger partial charge < -0.3 is 10.2 Å². The Balaban J connectivity index is 1.78. The van der Waals surface area contributed by atoms with E-state index in [9.17, 15) is 18.0 Å². The van der Waals surface area contributed by atoms with Gasteiger partial charge in [0.2, 0.25) is 11.8 Å². The van der Waals surface area contributed by atoms with Gasteiger partial charge in [0.1, 0.15) is 12.6 Å². The molecule has 0 bridgehead atoms. The molecule has 0 saturated heterocycles. The first-order valence-corrected chi connectivity index (χ1v) is 16.9. The van der Waals surface area contributed by atoms with Gasteiger partial charge >= 0.3 is 0 Å². The van der Waals surface area contributed by atoms with Crippen molar-refractivity contribution in [3.8, 4) is 0 Å². The average molecular weight is 728 g/mol. The first kappa shape index (κ1) is 32.4. The van der Waals surface area contributed by atoms with Crippen molar-refractivity contribution in [3.63, 3.8) is 0 Å². The minimum absolute atomic E-state index is 0.0618. The molecule has 0 saturated carbocycles. The average Bonchev–Trinajstić information content (AvgIpc) is 3.02. The number of sulfonamides is 1. The number of amides is 2. The summed E-state index contributed by atoms with van der Waals surface area (Å²) in [7, 11) is -4.13. The van der Waals surface area contributed by atoms with Gasteiger partial charge in [-0.25, -0.2) is 8.42 Å². The lowest BCUT2D eigenvalue weighted by Gasteiger charge is -2.34. The van der Waals surface area contributed by atoms with E-state index >= 15 is 0 Å². The number of benzene rings is 4. The van der Waals surface area contributed by atoms with E-state index in [2.05, 4.69) is 37.2 Å². The second-order valence-corrected chi connectivity index (χ2v) is 13.6. The van der Waals surface area contributed by atoms with Crippen molar-refractivity contribution in [2.75, 3.05) is 17.4 Å². The number of nitrogens with one attached hydrogen (secondary N) is 1. The molecule has 0 fully saturated rings. The van der Waals surface area contributed by atoms with E-state index in [1.807, 2.05) is 61.5 Å². The van der Waals surface area contributed by atoms with Crippen molar-refractivity contribution < 1.29 is 18.0 Å². The Morgan fingerprint density at radius 2 is 1.33 bits per heavy atom. The van der Waals surface area contributed by atoms with Crippen LogP contribution in [0.3, 0.4) is 0 Å². The van der Waals surface area contributed by atoms with E-state index in [4.69, 9.17) is 0 Å². The van der Waals surface area contributed by atoms with E-state index in [1.54, 1.807) is 42.5 Å². The Morgan fingerprint density at radius 1 is 0.767 bits per heavy atom. The van der Waals surface area contributed by atoms with Gasteiger partial charge in [-0.3, -0.25) is 13.9 Å². The largest absolute Gasteiger partial charge is 0.354 e. The van der Waals surface area contributed by atoms with Crippen LogP contribution in [0.25, 0.3) is 0 Å². The summed E-state index contributed by atoms with van der Waals surface area (Å²) in [6, 6.07) is 30.9. The quantitative estimate of drug-likeness (QED) is 0.169. The molecule has 0 aliphatic rings. The molecule has 0 radical (unpaired) electrons. The molecule has 0 spiro atoms. The molecule has 1 atom stereocenters. The van der Waals surface area contributed by atoms with Crippen molar-refractivity contribution in [3.05, 3.63) is 129 Å². The third-order valence-electron chi connectivity index (χ3n) is 6.81. The van der Waals surface area contributed by atoms with Crippen LogP contribution in [-0.2, 0) is 32.6 Å². The summed E-state index contributed by atoms with van der Waals surface area (Å²) < 4.78 is 30.7. The molecule has 224 valence electrons. The summed E-state index contributed by atoms with van der Waals surface area (Å²) in [5, 5.41) is 2.95. The second kappa shape index (κ2) is 15.3. The predicted molar refractivity (Wildman–Crippen MR) is 177 cm³/mol. The smallest absolute Gasteiger partial charge is 0.264 e. The van der Waals surface area contributed by atoms with Gasteiger partial charge in [0, 0.05) is 28.5 Å². The lowest BCUT2D eigenvalue weighted by atomic mass is 10.0. The number of carbonyl (C=O) groups is 2. The molecule has 0 aromatic heterocycles. The number of carbonyl (C=O) groups excluding carboxylic acids is 2. The summed E-state index contributed by atoms with van der Waals surface area (Å²) in [6.45, 7) is 2.03. The molecule has 0 heterocycles. The van der Waals surface area contributed by atoms with Crippen LogP contribution in [0.5, 0.6) is 0 Å². The van der Waals surface area contributed by atoms with E-state index in [-0.39, 0.29) is 23.8 Å². The number of halogens is 2. The predicted octanol–water partition coefficient (Wildman–Crippen LogP) is 6.57. The molecule has 4 aromatic carbocycles. The maximum atomic E-state index is 14.4. The standard InChI is InChI=1S/C33H33Br2N3O4S/c1-2-21-36-33(40)31(22-25-9-5-3-6-10-25)37(23-26-13-15-27(34)16-14-26)32(39)24-38(29-19-17-28(35)18-20-29)43(41,42)30-11-7-4-8-12-30/h3-20,31H,2,21-24H2,1H3,(H,36,40). The molecule has 0 aliphatic heterocycles. The van der Waals surface area contributed by atoms with Gasteiger partial charge in [0.25, 0.3) is 10.0 Å². The van der Waals surface area contributed by atoms with Crippen LogP contribution in [0.15, 0.2) is 123 Å². The number of hydrogen-bond acceptors (Lipinski definition) is 4. The van der Waals surface area contributed by atoms with Crippen molar-refractivity contribution in [1.29, 1.82) is 0 Å². The molecule has 4 rings (SSSR count). The highest BCUT2D eigenvalue weighted by Gasteiger charge is 2.34. The zero-order valence-electron chi connectivity index (χ0n) is 23.7. The Bertz CT molecular complexity index is 1600.